The maximum absolute atomic E-state index is 12.3. The smallest absolute Gasteiger partial charge is 0.326 e. The molecule has 2 rings (SSSR count). The quantitative estimate of drug-likeness (QED) is 0.774. The van der Waals surface area contributed by atoms with Crippen LogP contribution < -0.4 is 10.1 Å². The van der Waals surface area contributed by atoms with E-state index in [1.165, 1.54) is 0 Å². The first-order valence-corrected chi connectivity index (χ1v) is 8.26. The molecule has 25 heavy (non-hydrogen) atoms. The Morgan fingerprint density at radius 1 is 1.04 bits per heavy atom. The van der Waals surface area contributed by atoms with E-state index in [-0.39, 0.29) is 24.9 Å². The molecule has 0 spiro atoms. The number of hydrogen-bond acceptors (Lipinski definition) is 3. The average Bonchev–Trinajstić information content (AvgIpc) is 2.56. The topological polar surface area (TPSA) is 75.6 Å². The summed E-state index contributed by atoms with van der Waals surface area (Å²) in [6.07, 6.45) is 0.308. The number of rotatable bonds is 8. The van der Waals surface area contributed by atoms with Crippen LogP contribution in [0.15, 0.2) is 54.6 Å². The van der Waals surface area contributed by atoms with Crippen molar-refractivity contribution in [1.82, 2.24) is 5.32 Å². The van der Waals surface area contributed by atoms with Gasteiger partial charge in [-0.3, -0.25) is 4.79 Å². The molecule has 0 aliphatic heterocycles. The van der Waals surface area contributed by atoms with Crippen LogP contribution in [0.2, 0.25) is 0 Å². The van der Waals surface area contributed by atoms with E-state index < -0.39 is 12.0 Å². The van der Waals surface area contributed by atoms with Gasteiger partial charge in [-0.15, -0.1) is 0 Å². The molecule has 1 amide bonds. The van der Waals surface area contributed by atoms with Gasteiger partial charge in [0, 0.05) is 12.0 Å². The van der Waals surface area contributed by atoms with Crippen LogP contribution in [0.5, 0.6) is 5.75 Å². The predicted molar refractivity (Wildman–Crippen MR) is 95.6 cm³/mol. The van der Waals surface area contributed by atoms with Crippen LogP contribution in [0.4, 0.5) is 0 Å². The van der Waals surface area contributed by atoms with Crippen molar-refractivity contribution >= 4 is 11.9 Å². The SMILES string of the molecule is CC(C)Oc1ccccc1CC(=O)N[C@H](Cc1ccccc1)C(=O)O. The lowest BCUT2D eigenvalue weighted by molar-refractivity contribution is -0.141. The third-order valence-electron chi connectivity index (χ3n) is 3.60. The lowest BCUT2D eigenvalue weighted by Crippen LogP contribution is -2.43. The van der Waals surface area contributed by atoms with E-state index in [9.17, 15) is 14.7 Å². The van der Waals surface area contributed by atoms with Crippen LogP contribution in [-0.4, -0.2) is 29.1 Å². The normalized spacial score (nSPS) is 11.8. The third-order valence-corrected chi connectivity index (χ3v) is 3.60. The fourth-order valence-electron chi connectivity index (χ4n) is 2.49. The van der Waals surface area contributed by atoms with Gasteiger partial charge in [-0.25, -0.2) is 4.79 Å². The van der Waals surface area contributed by atoms with Gasteiger partial charge in [-0.05, 0) is 25.5 Å². The summed E-state index contributed by atoms with van der Waals surface area (Å²) >= 11 is 0. The van der Waals surface area contributed by atoms with Gasteiger partial charge in [-0.2, -0.15) is 0 Å². The zero-order chi connectivity index (χ0) is 18.2. The number of amides is 1. The monoisotopic (exact) mass is 341 g/mol. The van der Waals surface area contributed by atoms with Crippen molar-refractivity contribution < 1.29 is 19.4 Å². The predicted octanol–water partition coefficient (Wildman–Crippen LogP) is 2.83. The Kier molecular flexibility index (Phi) is 6.57. The van der Waals surface area contributed by atoms with Gasteiger partial charge < -0.3 is 15.2 Å². The summed E-state index contributed by atoms with van der Waals surface area (Å²) in [5.74, 6) is -0.755. The number of carbonyl (C=O) groups excluding carboxylic acids is 1. The second-order valence-electron chi connectivity index (χ2n) is 6.10. The van der Waals surface area contributed by atoms with Gasteiger partial charge in [-0.1, -0.05) is 48.5 Å². The van der Waals surface area contributed by atoms with Crippen molar-refractivity contribution in [2.24, 2.45) is 0 Å². The number of carbonyl (C=O) groups is 2. The van der Waals surface area contributed by atoms with Crippen LogP contribution in [-0.2, 0) is 22.4 Å². The molecule has 0 radical (unpaired) electrons. The van der Waals surface area contributed by atoms with E-state index in [2.05, 4.69) is 5.32 Å². The standard InChI is InChI=1S/C20H23NO4/c1-14(2)25-18-11-7-6-10-16(18)13-19(22)21-17(20(23)24)12-15-8-4-3-5-9-15/h3-11,14,17H,12-13H2,1-2H3,(H,21,22)(H,23,24)/t17-/m1/s1. The van der Waals surface area contributed by atoms with Crippen LogP contribution >= 0.6 is 0 Å². The summed E-state index contributed by atoms with van der Waals surface area (Å²) in [4.78, 5) is 23.8. The minimum Gasteiger partial charge on any atom is -0.491 e. The summed E-state index contributed by atoms with van der Waals surface area (Å²) in [7, 11) is 0. The first kappa shape index (κ1) is 18.5. The van der Waals surface area contributed by atoms with Gasteiger partial charge >= 0.3 is 5.97 Å². The summed E-state index contributed by atoms with van der Waals surface area (Å²) in [6.45, 7) is 3.83. The van der Waals surface area contributed by atoms with Crippen LogP contribution in [0, 0.1) is 0 Å². The molecular formula is C20H23NO4. The lowest BCUT2D eigenvalue weighted by atomic mass is 10.1. The Labute approximate surface area is 147 Å². The highest BCUT2D eigenvalue weighted by Gasteiger charge is 2.21. The molecule has 2 aromatic rings. The van der Waals surface area contributed by atoms with Crippen molar-refractivity contribution in [3.05, 3.63) is 65.7 Å². The molecule has 5 heteroatoms. The van der Waals surface area contributed by atoms with Gasteiger partial charge in [0.05, 0.1) is 12.5 Å². The number of nitrogens with one attached hydrogen (secondary N) is 1. The number of para-hydroxylation sites is 1. The Morgan fingerprint density at radius 2 is 1.68 bits per heavy atom. The molecule has 2 aromatic carbocycles. The van der Waals surface area contributed by atoms with Crippen LogP contribution in [0.1, 0.15) is 25.0 Å². The van der Waals surface area contributed by atoms with Crippen molar-refractivity contribution in [2.75, 3.05) is 0 Å². The minimum absolute atomic E-state index is 0.00550. The Balaban J connectivity index is 2.03. The maximum atomic E-state index is 12.3. The van der Waals surface area contributed by atoms with E-state index in [4.69, 9.17) is 4.74 Å². The van der Waals surface area contributed by atoms with Crippen molar-refractivity contribution in [1.29, 1.82) is 0 Å². The summed E-state index contributed by atoms with van der Waals surface area (Å²) in [5, 5.41) is 12.0. The van der Waals surface area contributed by atoms with E-state index in [0.717, 1.165) is 11.1 Å². The summed E-state index contributed by atoms with van der Waals surface area (Å²) in [6, 6.07) is 15.6. The van der Waals surface area contributed by atoms with E-state index in [1.807, 2.05) is 62.4 Å². The number of carboxylic acid groups (broad SMARTS) is 1. The number of hydrogen-bond donors (Lipinski definition) is 2. The molecule has 0 unspecified atom stereocenters. The highest BCUT2D eigenvalue weighted by Crippen LogP contribution is 2.20. The Morgan fingerprint density at radius 3 is 2.32 bits per heavy atom. The number of benzene rings is 2. The summed E-state index contributed by atoms with van der Waals surface area (Å²) < 4.78 is 5.70. The molecule has 0 aliphatic rings. The molecule has 2 N–H and O–H groups in total. The highest BCUT2D eigenvalue weighted by atomic mass is 16.5. The molecule has 5 nitrogen and oxygen atoms in total. The zero-order valence-corrected chi connectivity index (χ0v) is 14.4. The van der Waals surface area contributed by atoms with Crippen LogP contribution in [0.25, 0.3) is 0 Å². The molecule has 0 aromatic heterocycles. The molecule has 0 saturated heterocycles. The summed E-state index contributed by atoms with van der Waals surface area (Å²) in [5.41, 5.74) is 1.59. The molecule has 0 heterocycles. The minimum atomic E-state index is -1.05. The average molecular weight is 341 g/mol. The molecule has 1 atom stereocenters. The second-order valence-corrected chi connectivity index (χ2v) is 6.10. The van der Waals surface area contributed by atoms with Crippen LogP contribution in [0.3, 0.4) is 0 Å². The molecule has 0 bridgehead atoms. The van der Waals surface area contributed by atoms with E-state index in [0.29, 0.717) is 5.75 Å². The Bertz CT molecular complexity index is 713. The van der Waals surface area contributed by atoms with Crippen molar-refractivity contribution in [3.8, 4) is 5.75 Å². The molecule has 0 aliphatic carbocycles. The van der Waals surface area contributed by atoms with Crippen molar-refractivity contribution in [2.45, 2.75) is 38.8 Å². The first-order chi connectivity index (χ1) is 12.0. The molecule has 132 valence electrons. The number of aliphatic carboxylic acids is 1. The van der Waals surface area contributed by atoms with Gasteiger partial charge in [0.25, 0.3) is 0 Å². The first-order valence-electron chi connectivity index (χ1n) is 8.26. The van der Waals surface area contributed by atoms with Gasteiger partial charge in [0.1, 0.15) is 11.8 Å². The molecular weight excluding hydrogens is 318 g/mol. The maximum Gasteiger partial charge on any atom is 0.326 e. The lowest BCUT2D eigenvalue weighted by Gasteiger charge is -2.17. The molecule has 0 fully saturated rings. The van der Waals surface area contributed by atoms with E-state index in [1.54, 1.807) is 6.07 Å². The highest BCUT2D eigenvalue weighted by molar-refractivity contribution is 5.85. The molecule has 0 saturated carbocycles. The number of ether oxygens (including phenoxy) is 1. The largest absolute Gasteiger partial charge is 0.491 e. The fourth-order valence-corrected chi connectivity index (χ4v) is 2.49. The third kappa shape index (κ3) is 5.95. The van der Waals surface area contributed by atoms with Crippen molar-refractivity contribution in [3.63, 3.8) is 0 Å². The second kappa shape index (κ2) is 8.87. The fraction of sp³-hybridized carbons (Fsp3) is 0.300. The number of carboxylic acids is 1. The van der Waals surface area contributed by atoms with E-state index >= 15 is 0 Å². The zero-order valence-electron chi connectivity index (χ0n) is 14.4. The van der Waals surface area contributed by atoms with Gasteiger partial charge in [0.2, 0.25) is 5.91 Å². The Hall–Kier alpha value is -2.82. The van der Waals surface area contributed by atoms with Gasteiger partial charge in [0.15, 0.2) is 0 Å².